The average molecular weight is 234 g/mol. The molecule has 1 nitrogen and oxygen atoms in total. The zero-order valence-corrected chi connectivity index (χ0v) is 10.7. The highest BCUT2D eigenvalue weighted by Gasteiger charge is 2.05. The minimum Gasteiger partial charge on any atom is -0.358 e. The summed E-state index contributed by atoms with van der Waals surface area (Å²) in [6, 6.07) is 18.0. The van der Waals surface area contributed by atoms with E-state index in [1.54, 1.807) is 0 Å². The molecule has 0 aliphatic carbocycles. The molecule has 1 heteroatoms. The van der Waals surface area contributed by atoms with Crippen molar-refractivity contribution in [3.8, 4) is 0 Å². The molecule has 1 N–H and O–H groups in total. The van der Waals surface area contributed by atoms with Gasteiger partial charge in [-0.3, -0.25) is 0 Å². The van der Waals surface area contributed by atoms with Crippen molar-refractivity contribution in [2.24, 2.45) is 0 Å². The van der Waals surface area contributed by atoms with Crippen LogP contribution in [0.4, 0.5) is 0 Å². The fourth-order valence-corrected chi connectivity index (χ4v) is 2.39. The molecule has 2 aromatic carbocycles. The maximum Gasteiger partial charge on any atom is 0.0458 e. The quantitative estimate of drug-likeness (QED) is 0.684. The van der Waals surface area contributed by atoms with Gasteiger partial charge in [0.05, 0.1) is 0 Å². The smallest absolute Gasteiger partial charge is 0.0458 e. The lowest BCUT2D eigenvalue weighted by atomic mass is 10.0. The lowest BCUT2D eigenvalue weighted by Crippen LogP contribution is -1.87. The number of nitrogens with one attached hydrogen (secondary N) is 1. The Hall–Kier alpha value is -2.02. The molecule has 1 aromatic heterocycles. The molecule has 18 heavy (non-hydrogen) atoms. The Morgan fingerprint density at radius 1 is 1.11 bits per heavy atom. The van der Waals surface area contributed by atoms with Crippen molar-refractivity contribution in [3.63, 3.8) is 0 Å². The number of hydrogen-bond donors (Lipinski definition) is 1. The number of fused-ring (bicyclic) bond motifs is 1. The zero-order chi connectivity index (χ0) is 12.5. The molecule has 0 amide bonds. The molecule has 0 aliphatic heterocycles. The van der Waals surface area contributed by atoms with Gasteiger partial charge in [0.2, 0.25) is 0 Å². The van der Waals surface area contributed by atoms with Crippen molar-refractivity contribution in [2.75, 3.05) is 0 Å². The molecule has 1 heterocycles. The van der Waals surface area contributed by atoms with Crippen LogP contribution in [0.3, 0.4) is 0 Å². The second-order valence-corrected chi connectivity index (χ2v) is 4.84. The standard InChI is InChI=1S/C17H16N/c1-12-13(2)18-17-9-8-15(11-16(12)17)10-14-6-4-3-5-7-14/h3-4,6-9,11,18H,10H2,1-2H3. The van der Waals surface area contributed by atoms with Crippen LogP contribution < -0.4 is 0 Å². The van der Waals surface area contributed by atoms with E-state index >= 15 is 0 Å². The predicted octanol–water partition coefficient (Wildman–Crippen LogP) is 4.18. The van der Waals surface area contributed by atoms with E-state index in [1.165, 1.54) is 33.3 Å². The minimum absolute atomic E-state index is 0.969. The summed E-state index contributed by atoms with van der Waals surface area (Å²) in [5, 5.41) is 1.34. The number of aryl methyl sites for hydroxylation is 2. The minimum atomic E-state index is 0.969. The van der Waals surface area contributed by atoms with Crippen molar-refractivity contribution in [2.45, 2.75) is 20.3 Å². The van der Waals surface area contributed by atoms with Crippen molar-refractivity contribution in [1.82, 2.24) is 4.98 Å². The maximum absolute atomic E-state index is 3.41. The average Bonchev–Trinajstić information content (AvgIpc) is 2.67. The van der Waals surface area contributed by atoms with Gasteiger partial charge in [0, 0.05) is 16.6 Å². The first kappa shape index (κ1) is 11.1. The highest BCUT2D eigenvalue weighted by atomic mass is 14.7. The number of rotatable bonds is 2. The molecule has 3 rings (SSSR count). The van der Waals surface area contributed by atoms with E-state index in [1.807, 2.05) is 12.1 Å². The summed E-state index contributed by atoms with van der Waals surface area (Å²) in [5.41, 5.74) is 6.50. The molecule has 0 bridgehead atoms. The van der Waals surface area contributed by atoms with Crippen LogP contribution in [0.1, 0.15) is 22.4 Å². The lowest BCUT2D eigenvalue weighted by Gasteiger charge is -2.02. The van der Waals surface area contributed by atoms with Crippen molar-refractivity contribution in [1.29, 1.82) is 0 Å². The summed E-state index contributed by atoms with van der Waals surface area (Å²) >= 11 is 0. The fraction of sp³-hybridized carbons (Fsp3) is 0.176. The SMILES string of the molecule is Cc1[nH]c2ccc(Cc3c[c]ccc3)cc2c1C. The number of aromatic amines is 1. The summed E-state index contributed by atoms with van der Waals surface area (Å²) in [4.78, 5) is 3.41. The van der Waals surface area contributed by atoms with E-state index in [0.717, 1.165) is 6.42 Å². The normalized spacial score (nSPS) is 11.0. The Morgan fingerprint density at radius 3 is 2.78 bits per heavy atom. The molecule has 0 saturated heterocycles. The van der Waals surface area contributed by atoms with Gasteiger partial charge in [0.1, 0.15) is 0 Å². The van der Waals surface area contributed by atoms with Crippen LogP contribution in [-0.4, -0.2) is 4.98 Å². The van der Waals surface area contributed by atoms with Gasteiger partial charge in [0.15, 0.2) is 0 Å². The Kier molecular flexibility index (Phi) is 2.67. The number of aromatic nitrogens is 1. The van der Waals surface area contributed by atoms with Crippen LogP contribution in [0.5, 0.6) is 0 Å². The van der Waals surface area contributed by atoms with E-state index in [4.69, 9.17) is 0 Å². The molecule has 1 radical (unpaired) electrons. The Balaban J connectivity index is 2.01. The van der Waals surface area contributed by atoms with E-state index in [0.29, 0.717) is 0 Å². The molecule has 0 fully saturated rings. The van der Waals surface area contributed by atoms with E-state index < -0.39 is 0 Å². The first-order valence-corrected chi connectivity index (χ1v) is 6.27. The largest absolute Gasteiger partial charge is 0.358 e. The zero-order valence-electron chi connectivity index (χ0n) is 10.7. The van der Waals surface area contributed by atoms with Gasteiger partial charge in [-0.15, -0.1) is 0 Å². The summed E-state index contributed by atoms with van der Waals surface area (Å²) in [5.74, 6) is 0. The van der Waals surface area contributed by atoms with Crippen molar-refractivity contribution < 1.29 is 0 Å². The molecule has 89 valence electrons. The van der Waals surface area contributed by atoms with Gasteiger partial charge in [-0.1, -0.05) is 30.3 Å². The van der Waals surface area contributed by atoms with Gasteiger partial charge >= 0.3 is 0 Å². The maximum atomic E-state index is 3.41. The number of H-pyrrole nitrogens is 1. The first-order valence-electron chi connectivity index (χ1n) is 6.27. The summed E-state index contributed by atoms with van der Waals surface area (Å²) in [6.07, 6.45) is 0.969. The van der Waals surface area contributed by atoms with Crippen LogP contribution in [-0.2, 0) is 6.42 Å². The Labute approximate surface area is 107 Å². The Bertz CT molecular complexity index is 677. The van der Waals surface area contributed by atoms with Crippen LogP contribution in [0.25, 0.3) is 10.9 Å². The second-order valence-electron chi connectivity index (χ2n) is 4.84. The highest BCUT2D eigenvalue weighted by Crippen LogP contribution is 2.23. The van der Waals surface area contributed by atoms with Crippen LogP contribution in [0.15, 0.2) is 42.5 Å². The van der Waals surface area contributed by atoms with Crippen LogP contribution >= 0.6 is 0 Å². The molecular formula is C17H16N. The first-order chi connectivity index (χ1) is 8.74. The van der Waals surface area contributed by atoms with E-state index in [9.17, 15) is 0 Å². The third kappa shape index (κ3) is 1.92. The van der Waals surface area contributed by atoms with E-state index in [-0.39, 0.29) is 0 Å². The van der Waals surface area contributed by atoms with Gasteiger partial charge in [-0.2, -0.15) is 0 Å². The third-order valence-electron chi connectivity index (χ3n) is 3.55. The third-order valence-corrected chi connectivity index (χ3v) is 3.55. The highest BCUT2D eigenvalue weighted by molar-refractivity contribution is 5.85. The predicted molar refractivity (Wildman–Crippen MR) is 75.9 cm³/mol. The van der Waals surface area contributed by atoms with Crippen molar-refractivity contribution in [3.05, 3.63) is 70.9 Å². The summed E-state index contributed by atoms with van der Waals surface area (Å²) in [7, 11) is 0. The molecular weight excluding hydrogens is 218 g/mol. The second kappa shape index (κ2) is 4.34. The Morgan fingerprint density at radius 2 is 2.00 bits per heavy atom. The molecule has 0 atom stereocenters. The van der Waals surface area contributed by atoms with Gasteiger partial charge in [-0.05, 0) is 55.2 Å². The summed E-state index contributed by atoms with van der Waals surface area (Å²) in [6.45, 7) is 4.30. The van der Waals surface area contributed by atoms with Gasteiger partial charge in [0.25, 0.3) is 0 Å². The molecule has 0 unspecified atom stereocenters. The topological polar surface area (TPSA) is 15.8 Å². The van der Waals surface area contributed by atoms with Crippen LogP contribution in [0, 0.1) is 19.9 Å². The van der Waals surface area contributed by atoms with Crippen LogP contribution in [0.2, 0.25) is 0 Å². The molecule has 0 spiro atoms. The van der Waals surface area contributed by atoms with Gasteiger partial charge < -0.3 is 4.98 Å². The molecule has 3 aromatic rings. The van der Waals surface area contributed by atoms with Gasteiger partial charge in [-0.25, -0.2) is 0 Å². The number of benzene rings is 2. The molecule has 0 aliphatic rings. The fourth-order valence-electron chi connectivity index (χ4n) is 2.39. The lowest BCUT2D eigenvalue weighted by molar-refractivity contribution is 1.20. The monoisotopic (exact) mass is 234 g/mol. The molecule has 0 saturated carbocycles. The van der Waals surface area contributed by atoms with E-state index in [2.05, 4.69) is 55.2 Å². The van der Waals surface area contributed by atoms with Crippen molar-refractivity contribution >= 4 is 10.9 Å². The summed E-state index contributed by atoms with van der Waals surface area (Å²) < 4.78 is 0. The number of hydrogen-bond acceptors (Lipinski definition) is 0.